The molecule has 0 aliphatic heterocycles. The molecule has 37 heavy (non-hydrogen) atoms. The summed E-state index contributed by atoms with van der Waals surface area (Å²) in [4.78, 5) is 50.8. The van der Waals surface area contributed by atoms with Crippen LogP contribution in [0.5, 0.6) is 0 Å². The van der Waals surface area contributed by atoms with E-state index in [1.807, 2.05) is 57.2 Å². The average molecular weight is 503 g/mol. The maximum absolute atomic E-state index is 13.3. The molecule has 3 unspecified atom stereocenters. The van der Waals surface area contributed by atoms with Crippen molar-refractivity contribution in [2.75, 3.05) is 0 Å². The molecule has 1 aliphatic rings. The Morgan fingerprint density at radius 2 is 1.65 bits per heavy atom. The third-order valence-corrected chi connectivity index (χ3v) is 7.91. The van der Waals surface area contributed by atoms with E-state index >= 15 is 0 Å². The number of aryl methyl sites for hydroxylation is 2. The van der Waals surface area contributed by atoms with Gasteiger partial charge in [0.05, 0.1) is 6.42 Å². The van der Waals surface area contributed by atoms with Crippen LogP contribution < -0.4 is 0 Å². The van der Waals surface area contributed by atoms with E-state index in [0.29, 0.717) is 25.7 Å². The first-order chi connectivity index (χ1) is 17.6. The van der Waals surface area contributed by atoms with Crippen LogP contribution in [0.15, 0.2) is 36.4 Å². The van der Waals surface area contributed by atoms with Gasteiger partial charge in [-0.25, -0.2) is 0 Å². The van der Waals surface area contributed by atoms with Crippen LogP contribution in [0.4, 0.5) is 0 Å². The molecule has 3 atom stereocenters. The Morgan fingerprint density at radius 3 is 2.27 bits per heavy atom. The van der Waals surface area contributed by atoms with Gasteiger partial charge in [-0.2, -0.15) is 0 Å². The molecule has 0 bridgehead atoms. The smallest absolute Gasteiger partial charge is 0.163 e. The van der Waals surface area contributed by atoms with Crippen molar-refractivity contribution in [1.29, 1.82) is 0 Å². The zero-order chi connectivity index (χ0) is 27.1. The topological polar surface area (TPSA) is 68.3 Å². The van der Waals surface area contributed by atoms with Crippen LogP contribution in [0, 0.1) is 31.6 Å². The lowest BCUT2D eigenvalue weighted by atomic mass is 9.71. The second-order valence-electron chi connectivity index (χ2n) is 11.1. The van der Waals surface area contributed by atoms with Gasteiger partial charge < -0.3 is 0 Å². The summed E-state index contributed by atoms with van der Waals surface area (Å²) in [5.41, 5.74) is 5.93. The molecule has 0 saturated heterocycles. The highest BCUT2D eigenvalue weighted by Crippen LogP contribution is 2.37. The number of benzene rings is 2. The van der Waals surface area contributed by atoms with Crippen molar-refractivity contribution in [1.82, 2.24) is 0 Å². The molecule has 4 nitrogen and oxygen atoms in total. The van der Waals surface area contributed by atoms with Gasteiger partial charge in [0, 0.05) is 30.7 Å². The number of rotatable bonds is 13. The summed E-state index contributed by atoms with van der Waals surface area (Å²) >= 11 is 0. The molecule has 4 heteroatoms. The second-order valence-corrected chi connectivity index (χ2v) is 11.1. The summed E-state index contributed by atoms with van der Waals surface area (Å²) in [7, 11) is 0. The highest BCUT2D eigenvalue weighted by Gasteiger charge is 2.34. The molecule has 2 aromatic carbocycles. The van der Waals surface area contributed by atoms with Crippen molar-refractivity contribution in [3.8, 4) is 0 Å². The molecule has 198 valence electrons. The van der Waals surface area contributed by atoms with Crippen molar-refractivity contribution in [3.05, 3.63) is 69.8 Å². The largest absolute Gasteiger partial charge is 0.300 e. The molecule has 1 aliphatic carbocycles. The maximum atomic E-state index is 13.3. The molecule has 2 aromatic rings. The van der Waals surface area contributed by atoms with Gasteiger partial charge in [0.2, 0.25) is 0 Å². The standard InChI is InChI=1S/C33H42O4/c1-6-8-26(29(7-2)31(36)15-23(5)34)16-25-18-30-27(14-11-22(4)33(30)32(37)19-25)20-28(35)17-24-12-9-21(3)10-13-24/h9-14,25-26,29H,6-8,15-20H2,1-5H3. The summed E-state index contributed by atoms with van der Waals surface area (Å²) < 4.78 is 0. The Balaban J connectivity index is 1.81. The number of hydrogen-bond acceptors (Lipinski definition) is 4. The van der Waals surface area contributed by atoms with Gasteiger partial charge in [-0.1, -0.05) is 68.7 Å². The number of carbonyl (C=O) groups excluding carboxylic acids is 4. The number of fused-ring (bicyclic) bond motifs is 1. The normalized spacial score (nSPS) is 16.7. The molecular weight excluding hydrogens is 460 g/mol. The number of hydrogen-bond donors (Lipinski definition) is 0. The molecule has 0 radical (unpaired) electrons. The number of Topliss-reactive ketones (excluding diaryl/α,β-unsaturated/α-hetero) is 4. The first-order valence-electron chi connectivity index (χ1n) is 13.9. The van der Waals surface area contributed by atoms with Gasteiger partial charge in [0.1, 0.15) is 17.3 Å². The van der Waals surface area contributed by atoms with E-state index in [2.05, 4.69) is 6.92 Å². The summed E-state index contributed by atoms with van der Waals surface area (Å²) in [6.45, 7) is 9.62. The SMILES string of the molecule is CCCC(CC1CC(=O)c2c(C)ccc(CC(=O)Cc3ccc(C)cc3)c2C1)C(CC)C(=O)CC(C)=O. The van der Waals surface area contributed by atoms with E-state index in [0.717, 1.165) is 53.5 Å². The van der Waals surface area contributed by atoms with Gasteiger partial charge in [-0.15, -0.1) is 0 Å². The van der Waals surface area contributed by atoms with E-state index in [-0.39, 0.29) is 47.3 Å². The molecule has 0 fully saturated rings. The van der Waals surface area contributed by atoms with Gasteiger partial charge in [0.25, 0.3) is 0 Å². The minimum absolute atomic E-state index is 0.00239. The van der Waals surface area contributed by atoms with Crippen molar-refractivity contribution >= 4 is 23.1 Å². The molecule has 0 saturated carbocycles. The van der Waals surface area contributed by atoms with Gasteiger partial charge in [-0.3, -0.25) is 19.2 Å². The minimum atomic E-state index is -0.145. The Kier molecular flexibility index (Phi) is 10.1. The lowest BCUT2D eigenvalue weighted by Gasteiger charge is -2.32. The van der Waals surface area contributed by atoms with E-state index < -0.39 is 0 Å². The summed E-state index contributed by atoms with van der Waals surface area (Å²) in [6.07, 6.45) is 5.33. The fourth-order valence-corrected chi connectivity index (χ4v) is 6.18. The van der Waals surface area contributed by atoms with Crippen LogP contribution in [0.1, 0.15) is 97.5 Å². The van der Waals surface area contributed by atoms with E-state index in [1.165, 1.54) is 12.5 Å². The van der Waals surface area contributed by atoms with Crippen LogP contribution in [0.3, 0.4) is 0 Å². The lowest BCUT2D eigenvalue weighted by molar-refractivity contribution is -0.130. The van der Waals surface area contributed by atoms with Crippen LogP contribution in [0.25, 0.3) is 0 Å². The van der Waals surface area contributed by atoms with E-state index in [9.17, 15) is 19.2 Å². The first-order valence-corrected chi connectivity index (χ1v) is 13.9. The molecule has 0 heterocycles. The molecule has 0 N–H and O–H groups in total. The zero-order valence-electron chi connectivity index (χ0n) is 23.2. The first kappa shape index (κ1) is 28.7. The summed E-state index contributed by atoms with van der Waals surface area (Å²) in [5.74, 6) is 0.406. The molecule has 0 amide bonds. The average Bonchev–Trinajstić information content (AvgIpc) is 2.82. The predicted molar refractivity (Wildman–Crippen MR) is 148 cm³/mol. The van der Waals surface area contributed by atoms with Crippen LogP contribution >= 0.6 is 0 Å². The highest BCUT2D eigenvalue weighted by molar-refractivity contribution is 6.01. The minimum Gasteiger partial charge on any atom is -0.300 e. The maximum Gasteiger partial charge on any atom is 0.163 e. The predicted octanol–water partition coefficient (Wildman–Crippen LogP) is 6.78. The van der Waals surface area contributed by atoms with Gasteiger partial charge >= 0.3 is 0 Å². The Hall–Kier alpha value is -2.88. The summed E-state index contributed by atoms with van der Waals surface area (Å²) in [5, 5.41) is 0. The zero-order valence-corrected chi connectivity index (χ0v) is 23.2. The van der Waals surface area contributed by atoms with E-state index in [1.54, 1.807) is 0 Å². The third kappa shape index (κ3) is 7.56. The van der Waals surface area contributed by atoms with Crippen molar-refractivity contribution in [2.24, 2.45) is 17.8 Å². The van der Waals surface area contributed by atoms with Gasteiger partial charge in [-0.05, 0) is 74.1 Å². The van der Waals surface area contributed by atoms with Crippen molar-refractivity contribution in [2.45, 2.75) is 92.4 Å². The fourth-order valence-electron chi connectivity index (χ4n) is 6.18. The molecule has 0 spiro atoms. The van der Waals surface area contributed by atoms with E-state index in [4.69, 9.17) is 0 Å². The van der Waals surface area contributed by atoms with Crippen molar-refractivity contribution < 1.29 is 19.2 Å². The number of carbonyl (C=O) groups is 4. The Bertz CT molecular complexity index is 1140. The lowest BCUT2D eigenvalue weighted by Crippen LogP contribution is -2.30. The molecule has 0 aromatic heterocycles. The monoisotopic (exact) mass is 502 g/mol. The van der Waals surface area contributed by atoms with Gasteiger partial charge in [0.15, 0.2) is 5.78 Å². The van der Waals surface area contributed by atoms with Crippen LogP contribution in [0.2, 0.25) is 0 Å². The highest BCUT2D eigenvalue weighted by atomic mass is 16.1. The Morgan fingerprint density at radius 1 is 0.946 bits per heavy atom. The van der Waals surface area contributed by atoms with Crippen LogP contribution in [-0.2, 0) is 33.6 Å². The Labute approximate surface area is 222 Å². The van der Waals surface area contributed by atoms with Crippen molar-refractivity contribution in [3.63, 3.8) is 0 Å². The number of ketones is 4. The molecular formula is C33H42O4. The fraction of sp³-hybridized carbons (Fsp3) is 0.515. The summed E-state index contributed by atoms with van der Waals surface area (Å²) in [6, 6.07) is 12.0. The molecule has 3 rings (SSSR count). The third-order valence-electron chi connectivity index (χ3n) is 7.91. The quantitative estimate of drug-likeness (QED) is 0.283. The van der Waals surface area contributed by atoms with Crippen LogP contribution in [-0.4, -0.2) is 23.1 Å². The second kappa shape index (κ2) is 13.1.